The fourth-order valence-corrected chi connectivity index (χ4v) is 2.39. The summed E-state index contributed by atoms with van der Waals surface area (Å²) in [5, 5.41) is 3.46. The van der Waals surface area contributed by atoms with Gasteiger partial charge in [-0.1, -0.05) is 37.3 Å². The lowest BCUT2D eigenvalue weighted by Gasteiger charge is -2.33. The van der Waals surface area contributed by atoms with Gasteiger partial charge in [0.15, 0.2) is 5.82 Å². The molecule has 1 saturated carbocycles. The van der Waals surface area contributed by atoms with Crippen LogP contribution in [-0.2, 0) is 0 Å². The second-order valence-electron chi connectivity index (χ2n) is 5.08. The van der Waals surface area contributed by atoms with E-state index in [1.54, 1.807) is 0 Å². The van der Waals surface area contributed by atoms with E-state index in [2.05, 4.69) is 22.2 Å². The summed E-state index contributed by atoms with van der Waals surface area (Å²) < 4.78 is 0. The molecular weight excluding hydrogens is 222 g/mol. The lowest BCUT2D eigenvalue weighted by Crippen LogP contribution is -2.33. The van der Waals surface area contributed by atoms with Crippen LogP contribution < -0.4 is 5.32 Å². The molecule has 1 aromatic heterocycles. The summed E-state index contributed by atoms with van der Waals surface area (Å²) in [6.45, 7) is 2.28. The van der Waals surface area contributed by atoms with Crippen molar-refractivity contribution in [1.82, 2.24) is 9.97 Å². The molecule has 0 atom stereocenters. The smallest absolute Gasteiger partial charge is 0.159 e. The predicted octanol–water partition coefficient (Wildman–Crippen LogP) is 3.35. The molecule has 1 aliphatic rings. The molecule has 3 heteroatoms. The molecule has 3 rings (SSSR count). The van der Waals surface area contributed by atoms with Gasteiger partial charge >= 0.3 is 0 Å². The van der Waals surface area contributed by atoms with E-state index in [-0.39, 0.29) is 0 Å². The highest BCUT2D eigenvalue weighted by atomic mass is 15.0. The molecule has 0 spiro atoms. The maximum absolute atomic E-state index is 4.41. The second-order valence-corrected chi connectivity index (χ2v) is 5.08. The third kappa shape index (κ3) is 2.35. The molecule has 1 fully saturated rings. The third-order valence-electron chi connectivity index (χ3n) is 3.43. The molecule has 0 radical (unpaired) electrons. The number of nitrogens with one attached hydrogen (secondary N) is 1. The Balaban J connectivity index is 1.69. The first-order valence-corrected chi connectivity index (χ1v) is 6.45. The summed E-state index contributed by atoms with van der Waals surface area (Å²) in [5.41, 5.74) is 2.08. The van der Waals surface area contributed by atoms with Gasteiger partial charge in [-0.2, -0.15) is 0 Å². The van der Waals surface area contributed by atoms with Gasteiger partial charge in [0.1, 0.15) is 0 Å². The highest BCUT2D eigenvalue weighted by Gasteiger charge is 2.24. The Morgan fingerprint density at radius 1 is 1.06 bits per heavy atom. The first kappa shape index (κ1) is 11.2. The van der Waals surface area contributed by atoms with Crippen molar-refractivity contribution in [2.45, 2.75) is 25.8 Å². The van der Waals surface area contributed by atoms with Crippen molar-refractivity contribution in [3.8, 4) is 11.4 Å². The van der Waals surface area contributed by atoms with Crippen LogP contribution in [0.1, 0.15) is 19.8 Å². The molecular formula is C15H17N3. The van der Waals surface area contributed by atoms with E-state index in [9.17, 15) is 0 Å². The van der Waals surface area contributed by atoms with Crippen molar-refractivity contribution in [2.75, 3.05) is 5.32 Å². The highest BCUT2D eigenvalue weighted by molar-refractivity contribution is 5.55. The number of benzene rings is 1. The van der Waals surface area contributed by atoms with Crippen molar-refractivity contribution in [3.05, 3.63) is 42.7 Å². The van der Waals surface area contributed by atoms with Crippen molar-refractivity contribution < 1.29 is 0 Å². The van der Waals surface area contributed by atoms with Crippen LogP contribution in [0.15, 0.2) is 42.7 Å². The maximum Gasteiger partial charge on any atom is 0.159 e. The zero-order valence-electron chi connectivity index (χ0n) is 10.5. The van der Waals surface area contributed by atoms with Crippen LogP contribution in [-0.4, -0.2) is 16.0 Å². The van der Waals surface area contributed by atoms with Crippen LogP contribution in [0.3, 0.4) is 0 Å². The Kier molecular flexibility index (Phi) is 2.97. The number of hydrogen-bond acceptors (Lipinski definition) is 3. The minimum absolute atomic E-state index is 0.603. The molecule has 92 valence electrons. The van der Waals surface area contributed by atoms with Crippen LogP contribution in [0.5, 0.6) is 0 Å². The summed E-state index contributed by atoms with van der Waals surface area (Å²) in [5.74, 6) is 1.63. The summed E-state index contributed by atoms with van der Waals surface area (Å²) in [7, 11) is 0. The molecule has 1 aliphatic carbocycles. The molecule has 1 N–H and O–H groups in total. The summed E-state index contributed by atoms with van der Waals surface area (Å²) >= 11 is 0. The Bertz CT molecular complexity index is 501. The van der Waals surface area contributed by atoms with Crippen molar-refractivity contribution >= 4 is 5.69 Å². The van der Waals surface area contributed by atoms with E-state index in [0.717, 1.165) is 23.0 Å². The lowest BCUT2D eigenvalue weighted by molar-refractivity contribution is 0.309. The van der Waals surface area contributed by atoms with Crippen LogP contribution in [0.25, 0.3) is 11.4 Å². The minimum atomic E-state index is 0.603. The SMILES string of the molecule is CC1CC(Nc2cnc(-c3ccccc3)nc2)C1. The zero-order valence-corrected chi connectivity index (χ0v) is 10.5. The maximum atomic E-state index is 4.41. The summed E-state index contributed by atoms with van der Waals surface area (Å²) in [4.78, 5) is 8.81. The molecule has 0 saturated heterocycles. The Morgan fingerprint density at radius 2 is 1.72 bits per heavy atom. The Labute approximate surface area is 107 Å². The van der Waals surface area contributed by atoms with E-state index >= 15 is 0 Å². The Hall–Kier alpha value is -1.90. The molecule has 18 heavy (non-hydrogen) atoms. The van der Waals surface area contributed by atoms with Gasteiger partial charge in [-0.05, 0) is 18.8 Å². The third-order valence-corrected chi connectivity index (χ3v) is 3.43. The van der Waals surface area contributed by atoms with Gasteiger partial charge in [-0.3, -0.25) is 0 Å². The molecule has 2 aromatic rings. The van der Waals surface area contributed by atoms with Crippen LogP contribution in [0.2, 0.25) is 0 Å². The highest BCUT2D eigenvalue weighted by Crippen LogP contribution is 2.29. The first-order valence-electron chi connectivity index (χ1n) is 6.45. The molecule has 0 bridgehead atoms. The predicted molar refractivity (Wildman–Crippen MR) is 73.3 cm³/mol. The number of nitrogens with zero attached hydrogens (tertiary/aromatic N) is 2. The van der Waals surface area contributed by atoms with E-state index in [0.29, 0.717) is 6.04 Å². The molecule has 0 amide bonds. The van der Waals surface area contributed by atoms with Gasteiger partial charge in [0, 0.05) is 11.6 Å². The summed E-state index contributed by atoms with van der Waals surface area (Å²) in [6, 6.07) is 10.6. The average molecular weight is 239 g/mol. The van der Waals surface area contributed by atoms with Gasteiger partial charge in [0.2, 0.25) is 0 Å². The number of aromatic nitrogens is 2. The van der Waals surface area contributed by atoms with E-state index < -0.39 is 0 Å². The minimum Gasteiger partial charge on any atom is -0.380 e. The molecule has 3 nitrogen and oxygen atoms in total. The molecule has 1 aromatic carbocycles. The summed E-state index contributed by atoms with van der Waals surface area (Å²) in [6.07, 6.45) is 6.25. The fourth-order valence-electron chi connectivity index (χ4n) is 2.39. The largest absolute Gasteiger partial charge is 0.380 e. The molecule has 0 unspecified atom stereocenters. The fraction of sp³-hybridized carbons (Fsp3) is 0.333. The number of hydrogen-bond donors (Lipinski definition) is 1. The molecule has 0 aliphatic heterocycles. The topological polar surface area (TPSA) is 37.8 Å². The van der Waals surface area contributed by atoms with E-state index in [4.69, 9.17) is 0 Å². The van der Waals surface area contributed by atoms with Crippen LogP contribution in [0.4, 0.5) is 5.69 Å². The standard InChI is InChI=1S/C15H17N3/c1-11-7-13(8-11)18-14-9-16-15(17-10-14)12-5-3-2-4-6-12/h2-6,9-11,13,18H,7-8H2,1H3. The normalized spacial score (nSPS) is 22.3. The second kappa shape index (κ2) is 4.77. The van der Waals surface area contributed by atoms with Gasteiger partial charge in [-0.25, -0.2) is 9.97 Å². The van der Waals surface area contributed by atoms with Crippen molar-refractivity contribution in [2.24, 2.45) is 5.92 Å². The van der Waals surface area contributed by atoms with Gasteiger partial charge in [-0.15, -0.1) is 0 Å². The van der Waals surface area contributed by atoms with Gasteiger partial charge in [0.25, 0.3) is 0 Å². The van der Waals surface area contributed by atoms with Crippen molar-refractivity contribution in [1.29, 1.82) is 0 Å². The Morgan fingerprint density at radius 3 is 2.33 bits per heavy atom. The quantitative estimate of drug-likeness (QED) is 0.892. The number of anilines is 1. The van der Waals surface area contributed by atoms with E-state index in [1.165, 1.54) is 12.8 Å². The lowest BCUT2D eigenvalue weighted by atomic mass is 9.82. The van der Waals surface area contributed by atoms with Crippen LogP contribution in [0, 0.1) is 5.92 Å². The number of rotatable bonds is 3. The first-order chi connectivity index (χ1) is 8.81. The van der Waals surface area contributed by atoms with Gasteiger partial charge < -0.3 is 5.32 Å². The zero-order chi connectivity index (χ0) is 12.4. The van der Waals surface area contributed by atoms with Gasteiger partial charge in [0.05, 0.1) is 18.1 Å². The molecule has 1 heterocycles. The monoisotopic (exact) mass is 239 g/mol. The average Bonchev–Trinajstić information content (AvgIpc) is 2.39. The van der Waals surface area contributed by atoms with E-state index in [1.807, 2.05) is 42.7 Å². The van der Waals surface area contributed by atoms with Crippen LogP contribution >= 0.6 is 0 Å². The van der Waals surface area contributed by atoms with Crippen molar-refractivity contribution in [3.63, 3.8) is 0 Å².